The first-order valence-corrected chi connectivity index (χ1v) is 12.6. The average Bonchev–Trinajstić information content (AvgIpc) is 3.13. The standard InChI is InChI=1S/C29H33N5O4/c1-29(18-32(2)3)19-33(28(36)34(29)22-12-13-25-26(16-22)38-15-14-37-25)17-20-8-10-21(11-9-20)27(35)31-24-7-5-4-6-23(24)30/h4-13,16H,14-15,17-19,30H2,1-3H3,(H,31,35). The second-order valence-electron chi connectivity index (χ2n) is 10.3. The van der Waals surface area contributed by atoms with Gasteiger partial charge in [-0.2, -0.15) is 0 Å². The van der Waals surface area contributed by atoms with E-state index >= 15 is 0 Å². The van der Waals surface area contributed by atoms with Crippen molar-refractivity contribution in [2.24, 2.45) is 0 Å². The van der Waals surface area contributed by atoms with Crippen LogP contribution in [0.5, 0.6) is 11.5 Å². The van der Waals surface area contributed by atoms with Crippen LogP contribution in [0.25, 0.3) is 0 Å². The molecule has 0 aromatic heterocycles. The van der Waals surface area contributed by atoms with Crippen LogP contribution in [-0.2, 0) is 6.54 Å². The predicted molar refractivity (Wildman–Crippen MR) is 148 cm³/mol. The quantitative estimate of drug-likeness (QED) is 0.461. The molecule has 0 saturated carbocycles. The number of rotatable bonds is 7. The highest BCUT2D eigenvalue weighted by Crippen LogP contribution is 2.39. The van der Waals surface area contributed by atoms with E-state index in [9.17, 15) is 9.59 Å². The summed E-state index contributed by atoms with van der Waals surface area (Å²) < 4.78 is 11.4. The molecule has 9 nitrogen and oxygen atoms in total. The van der Waals surface area contributed by atoms with Gasteiger partial charge >= 0.3 is 6.03 Å². The zero-order valence-corrected chi connectivity index (χ0v) is 21.9. The number of amides is 3. The van der Waals surface area contributed by atoms with Crippen molar-refractivity contribution in [3.8, 4) is 11.5 Å². The number of nitrogen functional groups attached to an aromatic ring is 1. The average molecular weight is 516 g/mol. The molecular formula is C29H33N5O4. The Kier molecular flexibility index (Phi) is 6.86. The van der Waals surface area contributed by atoms with Gasteiger partial charge < -0.3 is 30.3 Å². The highest BCUT2D eigenvalue weighted by atomic mass is 16.6. The molecule has 0 spiro atoms. The number of anilines is 3. The highest BCUT2D eigenvalue weighted by Gasteiger charge is 2.47. The molecule has 5 rings (SSSR count). The number of carbonyl (C=O) groups is 2. The van der Waals surface area contributed by atoms with Gasteiger partial charge in [-0.25, -0.2) is 4.79 Å². The van der Waals surface area contributed by atoms with Gasteiger partial charge in [-0.05, 0) is 63.0 Å². The second kappa shape index (κ2) is 10.3. The third-order valence-electron chi connectivity index (χ3n) is 6.77. The molecule has 0 bridgehead atoms. The summed E-state index contributed by atoms with van der Waals surface area (Å²) in [5.41, 5.74) is 8.79. The van der Waals surface area contributed by atoms with Crippen molar-refractivity contribution < 1.29 is 19.1 Å². The first-order valence-electron chi connectivity index (χ1n) is 12.6. The Morgan fingerprint density at radius 2 is 1.74 bits per heavy atom. The number of para-hydroxylation sites is 2. The third kappa shape index (κ3) is 5.10. The predicted octanol–water partition coefficient (Wildman–Crippen LogP) is 4.05. The monoisotopic (exact) mass is 515 g/mol. The summed E-state index contributed by atoms with van der Waals surface area (Å²) in [5.74, 6) is 1.10. The fourth-order valence-corrected chi connectivity index (χ4v) is 5.23. The van der Waals surface area contributed by atoms with Crippen molar-refractivity contribution in [2.75, 3.05) is 56.3 Å². The summed E-state index contributed by atoms with van der Waals surface area (Å²) in [6.45, 7) is 4.76. The van der Waals surface area contributed by atoms with Gasteiger partial charge in [0.15, 0.2) is 11.5 Å². The number of urea groups is 1. The number of ether oxygens (including phenoxy) is 2. The van der Waals surface area contributed by atoms with E-state index in [-0.39, 0.29) is 11.9 Å². The fraction of sp³-hybridized carbons (Fsp3) is 0.310. The normalized spacial score (nSPS) is 18.7. The van der Waals surface area contributed by atoms with E-state index in [1.54, 1.807) is 24.3 Å². The summed E-state index contributed by atoms with van der Waals surface area (Å²) in [6.07, 6.45) is 0. The smallest absolute Gasteiger partial charge is 0.325 e. The lowest BCUT2D eigenvalue weighted by molar-refractivity contribution is 0.102. The number of nitrogens with one attached hydrogen (secondary N) is 1. The lowest BCUT2D eigenvalue weighted by Crippen LogP contribution is -2.51. The van der Waals surface area contributed by atoms with E-state index in [0.29, 0.717) is 61.3 Å². The summed E-state index contributed by atoms with van der Waals surface area (Å²) in [6, 6.07) is 20.0. The molecule has 1 atom stereocenters. The van der Waals surface area contributed by atoms with Crippen LogP contribution in [0, 0.1) is 0 Å². The summed E-state index contributed by atoms with van der Waals surface area (Å²) in [4.78, 5) is 32.3. The molecule has 3 amide bonds. The topological polar surface area (TPSA) is 100 Å². The number of fused-ring (bicyclic) bond motifs is 1. The molecule has 2 aliphatic heterocycles. The lowest BCUT2D eigenvalue weighted by atomic mass is 10.00. The number of hydrogen-bond donors (Lipinski definition) is 2. The Bertz CT molecular complexity index is 1340. The van der Waals surface area contributed by atoms with Crippen molar-refractivity contribution in [2.45, 2.75) is 19.0 Å². The Morgan fingerprint density at radius 1 is 1.03 bits per heavy atom. The molecule has 1 unspecified atom stereocenters. The SMILES string of the molecule is CN(C)CC1(C)CN(Cc2ccc(C(=O)Nc3ccccc3N)cc2)C(=O)N1c1ccc2c(c1)OCCO2. The van der Waals surface area contributed by atoms with Gasteiger partial charge in [-0.3, -0.25) is 9.69 Å². The number of nitrogens with zero attached hydrogens (tertiary/aromatic N) is 3. The van der Waals surface area contributed by atoms with E-state index in [1.807, 2.05) is 66.4 Å². The molecule has 9 heteroatoms. The molecule has 3 N–H and O–H groups in total. The van der Waals surface area contributed by atoms with Gasteiger partial charge in [0.05, 0.1) is 22.6 Å². The minimum atomic E-state index is -0.459. The Morgan fingerprint density at radius 3 is 2.45 bits per heavy atom. The van der Waals surface area contributed by atoms with Crippen molar-refractivity contribution in [3.63, 3.8) is 0 Å². The molecule has 1 fully saturated rings. The molecule has 198 valence electrons. The molecule has 1 saturated heterocycles. The zero-order chi connectivity index (χ0) is 26.9. The summed E-state index contributed by atoms with van der Waals surface area (Å²) in [5, 5.41) is 2.84. The van der Waals surface area contributed by atoms with Gasteiger partial charge in [0, 0.05) is 31.3 Å². The molecule has 2 aliphatic rings. The fourth-order valence-electron chi connectivity index (χ4n) is 5.23. The van der Waals surface area contributed by atoms with Crippen LogP contribution in [0.3, 0.4) is 0 Å². The lowest BCUT2D eigenvalue weighted by Gasteiger charge is -2.36. The Labute approximate surface area is 222 Å². The molecule has 3 aromatic rings. The highest BCUT2D eigenvalue weighted by molar-refractivity contribution is 6.05. The summed E-state index contributed by atoms with van der Waals surface area (Å²) in [7, 11) is 4.01. The van der Waals surface area contributed by atoms with E-state index < -0.39 is 5.54 Å². The van der Waals surface area contributed by atoms with Gasteiger partial charge in [-0.1, -0.05) is 24.3 Å². The van der Waals surface area contributed by atoms with Gasteiger partial charge in [0.2, 0.25) is 0 Å². The molecule has 3 aromatic carbocycles. The Balaban J connectivity index is 1.34. The van der Waals surface area contributed by atoms with E-state index in [0.717, 1.165) is 11.3 Å². The van der Waals surface area contributed by atoms with Crippen LogP contribution in [0.1, 0.15) is 22.8 Å². The maximum Gasteiger partial charge on any atom is 0.325 e. The van der Waals surface area contributed by atoms with Crippen LogP contribution in [-0.4, -0.2) is 67.7 Å². The van der Waals surface area contributed by atoms with Crippen LogP contribution in [0.2, 0.25) is 0 Å². The largest absolute Gasteiger partial charge is 0.486 e. The van der Waals surface area contributed by atoms with E-state index in [1.165, 1.54) is 0 Å². The number of likely N-dealkylation sites (N-methyl/N-ethyl adjacent to an activating group) is 1. The minimum absolute atomic E-state index is 0.0765. The molecule has 2 heterocycles. The van der Waals surface area contributed by atoms with Gasteiger partial charge in [-0.15, -0.1) is 0 Å². The summed E-state index contributed by atoms with van der Waals surface area (Å²) >= 11 is 0. The maximum atomic E-state index is 13.8. The maximum absolute atomic E-state index is 13.8. The molecule has 38 heavy (non-hydrogen) atoms. The third-order valence-corrected chi connectivity index (χ3v) is 6.77. The van der Waals surface area contributed by atoms with Gasteiger partial charge in [0.1, 0.15) is 13.2 Å². The van der Waals surface area contributed by atoms with Crippen molar-refractivity contribution in [3.05, 3.63) is 77.9 Å². The molecule has 0 aliphatic carbocycles. The van der Waals surface area contributed by atoms with Crippen LogP contribution >= 0.6 is 0 Å². The second-order valence-corrected chi connectivity index (χ2v) is 10.3. The first-order chi connectivity index (χ1) is 18.2. The first kappa shape index (κ1) is 25.4. The van der Waals surface area contributed by atoms with Crippen molar-refractivity contribution in [1.82, 2.24) is 9.80 Å². The zero-order valence-electron chi connectivity index (χ0n) is 21.9. The molecular weight excluding hydrogens is 482 g/mol. The van der Waals surface area contributed by atoms with Crippen LogP contribution in [0.4, 0.5) is 21.9 Å². The number of benzene rings is 3. The van der Waals surface area contributed by atoms with Crippen molar-refractivity contribution in [1.29, 1.82) is 0 Å². The number of hydrogen-bond acceptors (Lipinski definition) is 6. The van der Waals surface area contributed by atoms with Crippen LogP contribution in [0.15, 0.2) is 66.7 Å². The van der Waals surface area contributed by atoms with Gasteiger partial charge in [0.25, 0.3) is 5.91 Å². The minimum Gasteiger partial charge on any atom is -0.486 e. The Hall–Kier alpha value is -4.24. The number of carbonyl (C=O) groups excluding carboxylic acids is 2. The van der Waals surface area contributed by atoms with E-state index in [2.05, 4.69) is 17.1 Å². The number of nitrogens with two attached hydrogens (primary N) is 1. The van der Waals surface area contributed by atoms with Crippen molar-refractivity contribution >= 4 is 29.0 Å². The van der Waals surface area contributed by atoms with E-state index in [4.69, 9.17) is 15.2 Å². The molecule has 0 radical (unpaired) electrons. The van der Waals surface area contributed by atoms with Crippen LogP contribution < -0.4 is 25.4 Å².